The van der Waals surface area contributed by atoms with Crippen molar-refractivity contribution in [3.63, 3.8) is 0 Å². The first kappa shape index (κ1) is 21.9. The summed E-state index contributed by atoms with van der Waals surface area (Å²) < 4.78 is 11.6. The number of benzene rings is 3. The fourth-order valence-electron chi connectivity index (χ4n) is 3.84. The van der Waals surface area contributed by atoms with E-state index in [1.807, 2.05) is 60.7 Å². The van der Waals surface area contributed by atoms with E-state index in [0.717, 1.165) is 29.2 Å². The zero-order valence-electron chi connectivity index (χ0n) is 18.6. The number of anilines is 1. The maximum absolute atomic E-state index is 12.5. The van der Waals surface area contributed by atoms with E-state index in [1.54, 1.807) is 0 Å². The van der Waals surface area contributed by atoms with Crippen LogP contribution in [0.4, 0.5) is 5.69 Å². The van der Waals surface area contributed by atoms with Gasteiger partial charge >= 0.3 is 0 Å². The van der Waals surface area contributed by atoms with Crippen LogP contribution < -0.4 is 20.1 Å². The van der Waals surface area contributed by atoms with E-state index in [0.29, 0.717) is 31.2 Å². The smallest absolute Gasteiger partial charge is 0.255 e. The van der Waals surface area contributed by atoms with E-state index in [9.17, 15) is 4.79 Å². The normalized spacial score (nSPS) is 14.0. The summed E-state index contributed by atoms with van der Waals surface area (Å²) in [4.78, 5) is 12.5. The van der Waals surface area contributed by atoms with E-state index < -0.39 is 0 Å². The summed E-state index contributed by atoms with van der Waals surface area (Å²) in [6.07, 6.45) is 0.898. The van der Waals surface area contributed by atoms with Crippen molar-refractivity contribution in [2.24, 2.45) is 5.92 Å². The molecule has 1 aliphatic heterocycles. The first-order chi connectivity index (χ1) is 15.6. The summed E-state index contributed by atoms with van der Waals surface area (Å²) in [6.45, 7) is 6.49. The molecular formula is C27H30N2O3. The number of fused-ring (bicyclic) bond motifs is 1. The van der Waals surface area contributed by atoms with Crippen LogP contribution in [0.25, 0.3) is 0 Å². The van der Waals surface area contributed by atoms with Crippen molar-refractivity contribution in [1.82, 2.24) is 5.32 Å². The number of ether oxygens (including phenoxy) is 2. The Kier molecular flexibility index (Phi) is 7.07. The maximum atomic E-state index is 12.5. The van der Waals surface area contributed by atoms with E-state index in [4.69, 9.17) is 9.47 Å². The van der Waals surface area contributed by atoms with Crippen LogP contribution in [0.15, 0.2) is 72.8 Å². The molecule has 0 saturated carbocycles. The molecule has 2 N–H and O–H groups in total. The number of rotatable bonds is 7. The number of amides is 1. The fourth-order valence-corrected chi connectivity index (χ4v) is 3.84. The van der Waals surface area contributed by atoms with Gasteiger partial charge < -0.3 is 20.1 Å². The van der Waals surface area contributed by atoms with E-state index >= 15 is 0 Å². The van der Waals surface area contributed by atoms with Crippen LogP contribution in [0, 0.1) is 5.92 Å². The maximum Gasteiger partial charge on any atom is 0.255 e. The molecule has 0 aromatic heterocycles. The third-order valence-electron chi connectivity index (χ3n) is 5.57. The van der Waals surface area contributed by atoms with Crippen molar-refractivity contribution in [2.75, 3.05) is 18.5 Å². The Hall–Kier alpha value is -3.31. The first-order valence-electron chi connectivity index (χ1n) is 11.2. The molecule has 1 heterocycles. The van der Waals surface area contributed by atoms with Gasteiger partial charge in [-0.15, -0.1) is 0 Å². The summed E-state index contributed by atoms with van der Waals surface area (Å²) >= 11 is 0. The van der Waals surface area contributed by atoms with Crippen LogP contribution in [0.3, 0.4) is 0 Å². The molecule has 32 heavy (non-hydrogen) atoms. The van der Waals surface area contributed by atoms with Gasteiger partial charge in [0.05, 0.1) is 13.2 Å². The van der Waals surface area contributed by atoms with Gasteiger partial charge in [-0.2, -0.15) is 0 Å². The lowest BCUT2D eigenvalue weighted by molar-refractivity contribution is 0.102. The summed E-state index contributed by atoms with van der Waals surface area (Å²) in [6, 6.07) is 23.6. The van der Waals surface area contributed by atoms with E-state index in [1.165, 1.54) is 5.56 Å². The van der Waals surface area contributed by atoms with Crippen molar-refractivity contribution in [2.45, 2.75) is 32.9 Å². The molecule has 1 amide bonds. The minimum atomic E-state index is -0.108. The minimum absolute atomic E-state index is 0.108. The second kappa shape index (κ2) is 10.3. The second-order valence-corrected chi connectivity index (χ2v) is 8.38. The minimum Gasteiger partial charge on any atom is -0.490 e. The molecule has 1 atom stereocenters. The molecule has 0 spiro atoms. The summed E-state index contributed by atoms with van der Waals surface area (Å²) in [5.41, 5.74) is 3.74. The van der Waals surface area contributed by atoms with Crippen molar-refractivity contribution >= 4 is 11.6 Å². The standard InChI is InChI=1S/C27H30N2O3/c1-19(2)26(22-13-14-24-25(17-22)32-16-6-15-31-24)28-18-20-9-11-21(12-10-20)27(30)29-23-7-4-3-5-8-23/h3-5,7-14,17,19,26,28H,6,15-16,18H2,1-2H3,(H,29,30). The lowest BCUT2D eigenvalue weighted by atomic mass is 9.95. The molecule has 0 radical (unpaired) electrons. The lowest BCUT2D eigenvalue weighted by Gasteiger charge is -2.24. The SMILES string of the molecule is CC(C)C(NCc1ccc(C(=O)Nc2ccccc2)cc1)c1ccc2c(c1)OCCCO2. The number of hydrogen-bond donors (Lipinski definition) is 2. The van der Waals surface area contributed by atoms with Gasteiger partial charge in [-0.1, -0.05) is 50.2 Å². The van der Waals surface area contributed by atoms with Gasteiger partial charge in [-0.05, 0) is 53.4 Å². The highest BCUT2D eigenvalue weighted by Gasteiger charge is 2.19. The number of carbonyl (C=O) groups is 1. The average Bonchev–Trinajstić information content (AvgIpc) is 3.05. The number of carbonyl (C=O) groups excluding carboxylic acids is 1. The van der Waals surface area contributed by atoms with Crippen molar-refractivity contribution in [3.05, 3.63) is 89.5 Å². The molecular weight excluding hydrogens is 400 g/mol. The Morgan fingerprint density at radius 2 is 1.62 bits per heavy atom. The van der Waals surface area contributed by atoms with Gasteiger partial charge in [0.1, 0.15) is 0 Å². The van der Waals surface area contributed by atoms with Crippen LogP contribution in [-0.4, -0.2) is 19.1 Å². The summed E-state index contributed by atoms with van der Waals surface area (Å²) in [5.74, 6) is 1.93. The summed E-state index contributed by atoms with van der Waals surface area (Å²) in [7, 11) is 0. The van der Waals surface area contributed by atoms with Crippen molar-refractivity contribution in [3.8, 4) is 11.5 Å². The van der Waals surface area contributed by atoms with Crippen molar-refractivity contribution in [1.29, 1.82) is 0 Å². The second-order valence-electron chi connectivity index (χ2n) is 8.38. The van der Waals surface area contributed by atoms with Gasteiger partial charge in [-0.25, -0.2) is 0 Å². The molecule has 1 unspecified atom stereocenters. The van der Waals surface area contributed by atoms with E-state index in [-0.39, 0.29) is 11.9 Å². The van der Waals surface area contributed by atoms with Crippen LogP contribution in [0.2, 0.25) is 0 Å². The van der Waals surface area contributed by atoms with Crippen molar-refractivity contribution < 1.29 is 14.3 Å². The quantitative estimate of drug-likeness (QED) is 0.513. The predicted octanol–water partition coefficient (Wildman–Crippen LogP) is 5.59. The van der Waals surface area contributed by atoms with Gasteiger partial charge in [-0.3, -0.25) is 4.79 Å². The molecule has 3 aromatic rings. The summed E-state index contributed by atoms with van der Waals surface area (Å²) in [5, 5.41) is 6.58. The monoisotopic (exact) mass is 430 g/mol. The number of nitrogens with one attached hydrogen (secondary N) is 2. The topological polar surface area (TPSA) is 59.6 Å². The zero-order chi connectivity index (χ0) is 22.3. The Labute approximate surface area is 189 Å². The molecule has 0 bridgehead atoms. The molecule has 0 fully saturated rings. The molecule has 3 aromatic carbocycles. The zero-order valence-corrected chi connectivity index (χ0v) is 18.6. The van der Waals surface area contributed by atoms with Crippen LogP contribution in [-0.2, 0) is 6.54 Å². The van der Waals surface area contributed by atoms with Gasteiger partial charge in [0.25, 0.3) is 5.91 Å². The van der Waals surface area contributed by atoms with Crippen LogP contribution in [0.5, 0.6) is 11.5 Å². The molecule has 1 aliphatic rings. The molecule has 5 heteroatoms. The lowest BCUT2D eigenvalue weighted by Crippen LogP contribution is -2.25. The van der Waals surface area contributed by atoms with Gasteiger partial charge in [0.2, 0.25) is 0 Å². The Balaban J connectivity index is 1.40. The molecule has 4 rings (SSSR count). The number of para-hydroxylation sites is 1. The average molecular weight is 431 g/mol. The molecule has 166 valence electrons. The third-order valence-corrected chi connectivity index (χ3v) is 5.57. The molecule has 0 aliphatic carbocycles. The highest BCUT2D eigenvalue weighted by Crippen LogP contribution is 2.34. The Bertz CT molecular complexity index is 1030. The van der Waals surface area contributed by atoms with E-state index in [2.05, 4.69) is 36.6 Å². The highest BCUT2D eigenvalue weighted by atomic mass is 16.5. The van der Waals surface area contributed by atoms with Crippen LogP contribution in [0.1, 0.15) is 47.8 Å². The third kappa shape index (κ3) is 5.48. The first-order valence-corrected chi connectivity index (χ1v) is 11.2. The van der Waals surface area contributed by atoms with Gasteiger partial charge in [0.15, 0.2) is 11.5 Å². The molecule has 0 saturated heterocycles. The highest BCUT2D eigenvalue weighted by molar-refractivity contribution is 6.04. The van der Waals surface area contributed by atoms with Gasteiger partial charge in [0, 0.05) is 30.3 Å². The largest absolute Gasteiger partial charge is 0.490 e. The molecule has 5 nitrogen and oxygen atoms in total. The fraction of sp³-hybridized carbons (Fsp3) is 0.296. The Morgan fingerprint density at radius 3 is 2.34 bits per heavy atom. The predicted molar refractivity (Wildman–Crippen MR) is 127 cm³/mol. The Morgan fingerprint density at radius 1 is 0.906 bits per heavy atom. The number of hydrogen-bond acceptors (Lipinski definition) is 4. The van der Waals surface area contributed by atoms with Crippen LogP contribution >= 0.6 is 0 Å².